The third-order valence-electron chi connectivity index (χ3n) is 1.26. The van der Waals surface area contributed by atoms with Gasteiger partial charge in [-0.1, -0.05) is 23.8 Å². The molecule has 1 rings (SSSR count). The molecule has 0 bridgehead atoms. The van der Waals surface area contributed by atoms with Gasteiger partial charge in [0, 0.05) is 11.0 Å². The Kier molecular flexibility index (Phi) is 2.06. The Hall–Kier alpha value is -0.560. The summed E-state index contributed by atoms with van der Waals surface area (Å²) in [5, 5.41) is 0.730. The minimum Gasteiger partial charge on any atom is -0.303 e. The number of carbonyl (C=O) groups is 1. The topological polar surface area (TPSA) is 17.1 Å². The third kappa shape index (κ3) is 1.68. The second-order valence-corrected chi connectivity index (χ2v) is 2.42. The number of aldehydes is 1. The van der Waals surface area contributed by atoms with E-state index in [0.29, 0.717) is 0 Å². The van der Waals surface area contributed by atoms with Crippen molar-refractivity contribution < 1.29 is 4.79 Å². The first kappa shape index (κ1) is 6.56. The van der Waals surface area contributed by atoms with Crippen molar-refractivity contribution in [3.63, 3.8) is 0 Å². The number of hydrogen-bond acceptors (Lipinski definition) is 1. The van der Waals surface area contributed by atoms with Gasteiger partial charge in [0.05, 0.1) is 0 Å². The van der Waals surface area contributed by atoms with Gasteiger partial charge in [0.1, 0.15) is 6.29 Å². The van der Waals surface area contributed by atoms with Crippen LogP contribution in [-0.4, -0.2) is 6.29 Å². The molecule has 0 saturated heterocycles. The molecule has 0 amide bonds. The minimum absolute atomic E-state index is 0.0486. The largest absolute Gasteiger partial charge is 0.303 e. The zero-order valence-corrected chi connectivity index (χ0v) is 5.64. The fraction of sp³-hybridized carbons (Fsp3) is 0.286. The van der Waals surface area contributed by atoms with E-state index in [1.54, 1.807) is 6.08 Å². The van der Waals surface area contributed by atoms with E-state index in [4.69, 9.17) is 11.6 Å². The molecule has 1 nitrogen and oxygen atoms in total. The Morgan fingerprint density at radius 1 is 1.78 bits per heavy atom. The van der Waals surface area contributed by atoms with Crippen molar-refractivity contribution in [2.24, 2.45) is 5.92 Å². The van der Waals surface area contributed by atoms with Crippen molar-refractivity contribution in [2.45, 2.75) is 6.42 Å². The molecule has 1 atom stereocenters. The van der Waals surface area contributed by atoms with Crippen LogP contribution in [0.3, 0.4) is 0 Å². The molecule has 1 aliphatic rings. The van der Waals surface area contributed by atoms with Crippen LogP contribution in [0.15, 0.2) is 23.3 Å². The molecule has 0 aromatic carbocycles. The predicted molar refractivity (Wildman–Crippen MR) is 37.2 cm³/mol. The summed E-state index contributed by atoms with van der Waals surface area (Å²) >= 11 is 5.60. The molecule has 0 fully saturated rings. The standard InChI is InChI=1S/C7H7ClO/c8-7-3-1-6(5-9)2-4-7/h1,3-6H,2H2/t6-/m0/s1. The van der Waals surface area contributed by atoms with Crippen molar-refractivity contribution in [1.82, 2.24) is 0 Å². The van der Waals surface area contributed by atoms with E-state index in [0.717, 1.165) is 17.7 Å². The molecule has 0 N–H and O–H groups in total. The Balaban J connectivity index is 2.58. The molecule has 0 unspecified atom stereocenters. The summed E-state index contributed by atoms with van der Waals surface area (Å²) in [6, 6.07) is 0. The summed E-state index contributed by atoms with van der Waals surface area (Å²) in [6.07, 6.45) is 7.09. The highest BCUT2D eigenvalue weighted by Crippen LogP contribution is 2.16. The van der Waals surface area contributed by atoms with Gasteiger partial charge in [-0.05, 0) is 12.5 Å². The lowest BCUT2D eigenvalue weighted by molar-refractivity contribution is -0.109. The zero-order valence-electron chi connectivity index (χ0n) is 4.88. The second kappa shape index (κ2) is 2.83. The fourth-order valence-corrected chi connectivity index (χ4v) is 0.874. The molecule has 48 valence electrons. The van der Waals surface area contributed by atoms with Crippen LogP contribution in [0.1, 0.15) is 6.42 Å². The number of rotatable bonds is 1. The molecule has 0 aromatic rings. The van der Waals surface area contributed by atoms with Crippen LogP contribution in [0.4, 0.5) is 0 Å². The van der Waals surface area contributed by atoms with Gasteiger partial charge in [-0.15, -0.1) is 0 Å². The van der Waals surface area contributed by atoms with E-state index in [9.17, 15) is 4.79 Å². The Morgan fingerprint density at radius 2 is 2.56 bits per heavy atom. The van der Waals surface area contributed by atoms with Gasteiger partial charge in [-0.25, -0.2) is 0 Å². The van der Waals surface area contributed by atoms with E-state index >= 15 is 0 Å². The molecule has 1 aliphatic carbocycles. The number of allylic oxidation sites excluding steroid dienone is 4. The van der Waals surface area contributed by atoms with Gasteiger partial charge in [0.2, 0.25) is 0 Å². The van der Waals surface area contributed by atoms with Crippen molar-refractivity contribution in [3.8, 4) is 0 Å². The van der Waals surface area contributed by atoms with Gasteiger partial charge >= 0.3 is 0 Å². The Labute approximate surface area is 59.0 Å². The van der Waals surface area contributed by atoms with Crippen LogP contribution in [0.5, 0.6) is 0 Å². The van der Waals surface area contributed by atoms with Gasteiger partial charge in [0.25, 0.3) is 0 Å². The summed E-state index contributed by atoms with van der Waals surface area (Å²) in [5.74, 6) is 0.0486. The maximum absolute atomic E-state index is 10.1. The van der Waals surface area contributed by atoms with Crippen LogP contribution >= 0.6 is 11.6 Å². The highest BCUT2D eigenvalue weighted by molar-refractivity contribution is 6.31. The quantitative estimate of drug-likeness (QED) is 0.511. The molecule has 0 radical (unpaired) electrons. The SMILES string of the molecule is O=C[C@H]1C=CC(Cl)=CC1. The molecule has 0 spiro atoms. The average molecular weight is 143 g/mol. The lowest BCUT2D eigenvalue weighted by atomic mass is 10.0. The summed E-state index contributed by atoms with van der Waals surface area (Å²) in [4.78, 5) is 10.1. The van der Waals surface area contributed by atoms with Crippen LogP contribution in [0.25, 0.3) is 0 Å². The average Bonchev–Trinajstić information content (AvgIpc) is 1.90. The molecular formula is C7H7ClO. The first-order valence-electron chi connectivity index (χ1n) is 2.82. The van der Waals surface area contributed by atoms with Gasteiger partial charge < -0.3 is 4.79 Å². The van der Waals surface area contributed by atoms with E-state index in [2.05, 4.69) is 0 Å². The summed E-state index contributed by atoms with van der Waals surface area (Å²) in [5.41, 5.74) is 0. The van der Waals surface area contributed by atoms with Gasteiger partial charge in [0.15, 0.2) is 0 Å². The molecular weight excluding hydrogens is 136 g/mol. The number of halogens is 1. The van der Waals surface area contributed by atoms with Crippen molar-refractivity contribution in [2.75, 3.05) is 0 Å². The smallest absolute Gasteiger partial charge is 0.127 e. The Morgan fingerprint density at radius 3 is 3.00 bits per heavy atom. The first-order chi connectivity index (χ1) is 4.33. The van der Waals surface area contributed by atoms with E-state index in [-0.39, 0.29) is 5.92 Å². The summed E-state index contributed by atoms with van der Waals surface area (Å²) in [6.45, 7) is 0. The molecule has 0 heterocycles. The Bertz CT molecular complexity index is 170. The summed E-state index contributed by atoms with van der Waals surface area (Å²) in [7, 11) is 0. The molecule has 0 saturated carbocycles. The van der Waals surface area contributed by atoms with Crippen LogP contribution < -0.4 is 0 Å². The minimum atomic E-state index is 0.0486. The monoisotopic (exact) mass is 142 g/mol. The lowest BCUT2D eigenvalue weighted by Gasteiger charge is -2.04. The molecule has 0 aliphatic heterocycles. The van der Waals surface area contributed by atoms with Crippen LogP contribution in [0.2, 0.25) is 0 Å². The maximum atomic E-state index is 10.1. The molecule has 2 heteroatoms. The van der Waals surface area contributed by atoms with E-state index in [1.807, 2.05) is 12.2 Å². The number of carbonyl (C=O) groups excluding carboxylic acids is 1. The predicted octanol–water partition coefficient (Wildman–Crippen LogP) is 1.88. The second-order valence-electron chi connectivity index (χ2n) is 1.98. The van der Waals surface area contributed by atoms with Gasteiger partial charge in [-0.2, -0.15) is 0 Å². The number of hydrogen-bond donors (Lipinski definition) is 0. The van der Waals surface area contributed by atoms with Crippen LogP contribution in [0, 0.1) is 5.92 Å². The van der Waals surface area contributed by atoms with Gasteiger partial charge in [-0.3, -0.25) is 0 Å². The van der Waals surface area contributed by atoms with Crippen molar-refractivity contribution >= 4 is 17.9 Å². The molecule has 0 aromatic heterocycles. The van der Waals surface area contributed by atoms with Crippen molar-refractivity contribution in [1.29, 1.82) is 0 Å². The van der Waals surface area contributed by atoms with E-state index in [1.165, 1.54) is 0 Å². The first-order valence-corrected chi connectivity index (χ1v) is 3.20. The van der Waals surface area contributed by atoms with E-state index < -0.39 is 0 Å². The highest BCUT2D eigenvalue weighted by atomic mass is 35.5. The maximum Gasteiger partial charge on any atom is 0.127 e. The normalized spacial score (nSPS) is 25.4. The zero-order chi connectivity index (χ0) is 6.69. The van der Waals surface area contributed by atoms with Crippen molar-refractivity contribution in [3.05, 3.63) is 23.3 Å². The molecule has 9 heavy (non-hydrogen) atoms. The fourth-order valence-electron chi connectivity index (χ4n) is 0.712. The highest BCUT2D eigenvalue weighted by Gasteiger charge is 2.04. The lowest BCUT2D eigenvalue weighted by Crippen LogP contribution is -1.98. The third-order valence-corrected chi connectivity index (χ3v) is 1.54. The van der Waals surface area contributed by atoms with Crippen LogP contribution in [-0.2, 0) is 4.79 Å². The summed E-state index contributed by atoms with van der Waals surface area (Å²) < 4.78 is 0.